The molecule has 3 nitrogen and oxygen atoms in total. The highest BCUT2D eigenvalue weighted by Gasteiger charge is 2.24. The van der Waals surface area contributed by atoms with Gasteiger partial charge in [0.1, 0.15) is 0 Å². The number of thiophene rings is 1. The lowest BCUT2D eigenvalue weighted by Crippen LogP contribution is -2.42. The number of hydrogen-bond donors (Lipinski definition) is 2. The molecule has 0 spiro atoms. The van der Waals surface area contributed by atoms with Gasteiger partial charge in [-0.25, -0.2) is 0 Å². The predicted molar refractivity (Wildman–Crippen MR) is 71.1 cm³/mol. The van der Waals surface area contributed by atoms with Gasteiger partial charge in [-0.05, 0) is 50.2 Å². The Morgan fingerprint density at radius 3 is 3.12 bits per heavy atom. The molecule has 1 aromatic heterocycles. The van der Waals surface area contributed by atoms with E-state index < -0.39 is 0 Å². The van der Waals surface area contributed by atoms with Crippen LogP contribution in [-0.2, 0) is 11.3 Å². The second-order valence-electron chi connectivity index (χ2n) is 4.82. The zero-order valence-corrected chi connectivity index (χ0v) is 11.3. The average molecular weight is 252 g/mol. The van der Waals surface area contributed by atoms with Crippen molar-refractivity contribution in [1.82, 2.24) is 10.6 Å². The van der Waals surface area contributed by atoms with E-state index in [1.165, 1.54) is 10.4 Å². The van der Waals surface area contributed by atoms with Gasteiger partial charge >= 0.3 is 0 Å². The Kier molecular flexibility index (Phi) is 4.18. The zero-order chi connectivity index (χ0) is 12.3. The smallest absolute Gasteiger partial charge is 0.223 e. The molecule has 1 saturated heterocycles. The van der Waals surface area contributed by atoms with Crippen LogP contribution in [0.15, 0.2) is 11.4 Å². The molecule has 94 valence electrons. The molecule has 4 heteroatoms. The van der Waals surface area contributed by atoms with Crippen LogP contribution in [-0.4, -0.2) is 18.5 Å². The van der Waals surface area contributed by atoms with Gasteiger partial charge in [0.25, 0.3) is 0 Å². The van der Waals surface area contributed by atoms with Gasteiger partial charge in [-0.1, -0.05) is 0 Å². The van der Waals surface area contributed by atoms with Crippen LogP contribution in [0, 0.1) is 12.8 Å². The van der Waals surface area contributed by atoms with Crippen molar-refractivity contribution in [3.05, 3.63) is 21.9 Å². The SMILES string of the molecule is Cc1ccsc1CNC(=O)C1CCNC(C)C1. The lowest BCUT2D eigenvalue weighted by molar-refractivity contribution is -0.126. The van der Waals surface area contributed by atoms with Crippen LogP contribution < -0.4 is 10.6 Å². The minimum atomic E-state index is 0.187. The van der Waals surface area contributed by atoms with Gasteiger partial charge < -0.3 is 10.6 Å². The Bertz CT molecular complexity index is 389. The lowest BCUT2D eigenvalue weighted by atomic mass is 9.92. The minimum Gasteiger partial charge on any atom is -0.351 e. The van der Waals surface area contributed by atoms with Crippen LogP contribution >= 0.6 is 11.3 Å². The summed E-state index contributed by atoms with van der Waals surface area (Å²) in [4.78, 5) is 13.3. The van der Waals surface area contributed by atoms with Gasteiger partial charge in [0.15, 0.2) is 0 Å². The molecule has 2 heterocycles. The summed E-state index contributed by atoms with van der Waals surface area (Å²) in [6.07, 6.45) is 1.91. The number of hydrogen-bond acceptors (Lipinski definition) is 3. The van der Waals surface area contributed by atoms with E-state index in [1.807, 2.05) is 0 Å². The summed E-state index contributed by atoms with van der Waals surface area (Å²) in [6.45, 7) is 5.87. The Hall–Kier alpha value is -0.870. The lowest BCUT2D eigenvalue weighted by Gasteiger charge is -2.27. The van der Waals surface area contributed by atoms with Crippen LogP contribution in [0.2, 0.25) is 0 Å². The molecule has 2 unspecified atom stereocenters. The van der Waals surface area contributed by atoms with E-state index in [1.54, 1.807) is 11.3 Å². The second-order valence-corrected chi connectivity index (χ2v) is 5.82. The van der Waals surface area contributed by atoms with Crippen molar-refractivity contribution in [3.63, 3.8) is 0 Å². The monoisotopic (exact) mass is 252 g/mol. The highest BCUT2D eigenvalue weighted by molar-refractivity contribution is 7.10. The quantitative estimate of drug-likeness (QED) is 0.864. The first-order valence-electron chi connectivity index (χ1n) is 6.21. The van der Waals surface area contributed by atoms with Gasteiger partial charge in [-0.3, -0.25) is 4.79 Å². The largest absolute Gasteiger partial charge is 0.351 e. The molecule has 1 fully saturated rings. The molecule has 2 N–H and O–H groups in total. The van der Waals surface area contributed by atoms with E-state index in [0.29, 0.717) is 12.6 Å². The van der Waals surface area contributed by atoms with Crippen LogP contribution in [0.5, 0.6) is 0 Å². The molecule has 0 radical (unpaired) electrons. The third-order valence-corrected chi connectivity index (χ3v) is 4.41. The van der Waals surface area contributed by atoms with Crippen LogP contribution in [0.3, 0.4) is 0 Å². The van der Waals surface area contributed by atoms with E-state index in [4.69, 9.17) is 0 Å². The molecule has 1 amide bonds. The molecular weight excluding hydrogens is 232 g/mol. The van der Waals surface area contributed by atoms with Crippen molar-refractivity contribution in [1.29, 1.82) is 0 Å². The van der Waals surface area contributed by atoms with Gasteiger partial charge in [0.05, 0.1) is 6.54 Å². The Morgan fingerprint density at radius 2 is 2.47 bits per heavy atom. The Labute approximate surface area is 107 Å². The minimum absolute atomic E-state index is 0.187. The Morgan fingerprint density at radius 1 is 1.65 bits per heavy atom. The van der Waals surface area contributed by atoms with Crippen molar-refractivity contribution >= 4 is 17.2 Å². The maximum atomic E-state index is 12.0. The molecule has 1 aliphatic rings. The van der Waals surface area contributed by atoms with Crippen LogP contribution in [0.25, 0.3) is 0 Å². The average Bonchev–Trinajstić information content (AvgIpc) is 2.72. The highest BCUT2D eigenvalue weighted by atomic mass is 32.1. The van der Waals surface area contributed by atoms with Gasteiger partial charge in [0.2, 0.25) is 5.91 Å². The number of nitrogens with one attached hydrogen (secondary N) is 2. The van der Waals surface area contributed by atoms with E-state index in [2.05, 4.69) is 35.9 Å². The first-order valence-corrected chi connectivity index (χ1v) is 7.09. The third-order valence-electron chi connectivity index (χ3n) is 3.39. The van der Waals surface area contributed by atoms with Gasteiger partial charge in [0, 0.05) is 16.8 Å². The second kappa shape index (κ2) is 5.65. The number of carbonyl (C=O) groups excluding carboxylic acids is 1. The van der Waals surface area contributed by atoms with E-state index in [0.717, 1.165) is 19.4 Å². The van der Waals surface area contributed by atoms with Crippen molar-refractivity contribution in [2.75, 3.05) is 6.54 Å². The number of aryl methyl sites for hydroxylation is 1. The van der Waals surface area contributed by atoms with Crippen LogP contribution in [0.4, 0.5) is 0 Å². The topological polar surface area (TPSA) is 41.1 Å². The summed E-state index contributed by atoms with van der Waals surface area (Å²) in [5.74, 6) is 0.401. The third kappa shape index (κ3) is 3.30. The van der Waals surface area contributed by atoms with Crippen molar-refractivity contribution in [2.45, 2.75) is 39.3 Å². The standard InChI is InChI=1S/C13H20N2OS/c1-9-4-6-17-12(9)8-15-13(16)11-3-5-14-10(2)7-11/h4,6,10-11,14H,3,5,7-8H2,1-2H3,(H,15,16). The highest BCUT2D eigenvalue weighted by Crippen LogP contribution is 2.18. The fraction of sp³-hybridized carbons (Fsp3) is 0.615. The first-order chi connectivity index (χ1) is 8.16. The Balaban J connectivity index is 1.83. The molecule has 0 aromatic carbocycles. The number of carbonyl (C=O) groups is 1. The van der Waals surface area contributed by atoms with E-state index in [9.17, 15) is 4.79 Å². The predicted octanol–water partition coefficient (Wildman–Crippen LogP) is 2.06. The normalized spacial score (nSPS) is 24.6. The van der Waals surface area contributed by atoms with Crippen molar-refractivity contribution in [3.8, 4) is 0 Å². The summed E-state index contributed by atoms with van der Waals surface area (Å²) < 4.78 is 0. The van der Waals surface area contributed by atoms with E-state index >= 15 is 0 Å². The molecule has 0 bridgehead atoms. The molecule has 17 heavy (non-hydrogen) atoms. The number of amides is 1. The fourth-order valence-electron chi connectivity index (χ4n) is 2.27. The van der Waals surface area contributed by atoms with E-state index in [-0.39, 0.29) is 11.8 Å². The van der Waals surface area contributed by atoms with Crippen molar-refractivity contribution < 1.29 is 4.79 Å². The fourth-order valence-corrected chi connectivity index (χ4v) is 3.11. The molecular formula is C13H20N2OS. The molecule has 1 aliphatic heterocycles. The summed E-state index contributed by atoms with van der Waals surface area (Å²) in [6, 6.07) is 2.56. The molecule has 0 saturated carbocycles. The summed E-state index contributed by atoms with van der Waals surface area (Å²) in [5.41, 5.74) is 1.27. The summed E-state index contributed by atoms with van der Waals surface area (Å²) in [7, 11) is 0. The van der Waals surface area contributed by atoms with Gasteiger partial charge in [-0.2, -0.15) is 0 Å². The molecule has 2 atom stereocenters. The molecule has 0 aliphatic carbocycles. The summed E-state index contributed by atoms with van der Waals surface area (Å²) in [5, 5.41) is 8.50. The van der Waals surface area contributed by atoms with Crippen molar-refractivity contribution in [2.24, 2.45) is 5.92 Å². The zero-order valence-electron chi connectivity index (χ0n) is 10.5. The molecule has 1 aromatic rings. The van der Waals surface area contributed by atoms with Gasteiger partial charge in [-0.15, -0.1) is 11.3 Å². The number of rotatable bonds is 3. The van der Waals surface area contributed by atoms with Crippen LogP contribution in [0.1, 0.15) is 30.2 Å². The maximum absolute atomic E-state index is 12.0. The maximum Gasteiger partial charge on any atom is 0.223 e. The first kappa shape index (κ1) is 12.6. The number of piperidine rings is 1. The summed E-state index contributed by atoms with van der Waals surface area (Å²) >= 11 is 1.71. The molecule has 2 rings (SSSR count).